The smallest absolute Gasteiger partial charge is 0.170 e. The monoisotopic (exact) mass is 307 g/mol. The summed E-state index contributed by atoms with van der Waals surface area (Å²) in [5.41, 5.74) is 8.82. The molecule has 0 aromatic heterocycles. The molecule has 1 aliphatic carbocycles. The van der Waals surface area contributed by atoms with Crippen LogP contribution in [-0.2, 0) is 6.54 Å². The number of amidine groups is 1. The zero-order valence-corrected chi connectivity index (χ0v) is 13.6. The van der Waals surface area contributed by atoms with Gasteiger partial charge in [0.2, 0.25) is 0 Å². The van der Waals surface area contributed by atoms with Gasteiger partial charge in [-0.2, -0.15) is 11.8 Å². The highest BCUT2D eigenvalue weighted by Gasteiger charge is 2.23. The van der Waals surface area contributed by atoms with E-state index in [-0.39, 0.29) is 5.84 Å². The van der Waals surface area contributed by atoms with Crippen molar-refractivity contribution < 1.29 is 5.21 Å². The van der Waals surface area contributed by atoms with Gasteiger partial charge in [0.05, 0.1) is 0 Å². The fraction of sp³-hybridized carbons (Fsp3) is 0.562. The van der Waals surface area contributed by atoms with E-state index in [1.165, 1.54) is 36.1 Å². The standard InChI is InChI=1S/C16H25N3OS/c1-3-21-15-7-6-14(9-15)18-10-13-5-4-12(8-11(13)2)16(17)19-20/h4-5,8,14-15,18,20H,3,6-7,9-10H2,1-2H3,(H2,17,19). The van der Waals surface area contributed by atoms with E-state index in [1.807, 2.05) is 12.1 Å². The van der Waals surface area contributed by atoms with Crippen LogP contribution in [0.1, 0.15) is 42.9 Å². The van der Waals surface area contributed by atoms with Crippen molar-refractivity contribution in [3.63, 3.8) is 0 Å². The van der Waals surface area contributed by atoms with Crippen LogP contribution in [0.15, 0.2) is 23.4 Å². The third-order valence-electron chi connectivity index (χ3n) is 4.11. The maximum absolute atomic E-state index is 8.71. The van der Waals surface area contributed by atoms with Gasteiger partial charge < -0.3 is 16.3 Å². The van der Waals surface area contributed by atoms with Crippen LogP contribution >= 0.6 is 11.8 Å². The molecular formula is C16H25N3OS. The number of nitrogens with two attached hydrogens (primary N) is 1. The van der Waals surface area contributed by atoms with Crippen molar-refractivity contribution in [2.75, 3.05) is 5.75 Å². The van der Waals surface area contributed by atoms with Crippen molar-refractivity contribution >= 4 is 17.6 Å². The van der Waals surface area contributed by atoms with E-state index in [2.05, 4.69) is 42.1 Å². The molecule has 0 spiro atoms. The van der Waals surface area contributed by atoms with Crippen molar-refractivity contribution in [3.05, 3.63) is 34.9 Å². The highest BCUT2D eigenvalue weighted by Crippen LogP contribution is 2.29. The first-order valence-electron chi connectivity index (χ1n) is 7.56. The molecule has 2 atom stereocenters. The molecule has 4 N–H and O–H groups in total. The van der Waals surface area contributed by atoms with E-state index in [9.17, 15) is 0 Å². The molecule has 1 fully saturated rings. The van der Waals surface area contributed by atoms with Crippen LogP contribution < -0.4 is 11.1 Å². The van der Waals surface area contributed by atoms with Gasteiger partial charge in [-0.3, -0.25) is 0 Å². The summed E-state index contributed by atoms with van der Waals surface area (Å²) in [6, 6.07) is 6.57. The highest BCUT2D eigenvalue weighted by atomic mass is 32.2. The average Bonchev–Trinajstić information content (AvgIpc) is 2.93. The van der Waals surface area contributed by atoms with Gasteiger partial charge in [0.25, 0.3) is 0 Å². The Hall–Kier alpha value is -1.20. The Labute approximate surface area is 131 Å². The topological polar surface area (TPSA) is 70.6 Å². The van der Waals surface area contributed by atoms with Gasteiger partial charge in [-0.15, -0.1) is 0 Å². The minimum atomic E-state index is 0.160. The normalized spacial score (nSPS) is 22.7. The fourth-order valence-electron chi connectivity index (χ4n) is 2.88. The van der Waals surface area contributed by atoms with Crippen molar-refractivity contribution in [1.29, 1.82) is 0 Å². The Balaban J connectivity index is 1.89. The van der Waals surface area contributed by atoms with Crippen LogP contribution in [0.2, 0.25) is 0 Å². The first-order chi connectivity index (χ1) is 10.1. The number of hydrogen-bond acceptors (Lipinski definition) is 4. The molecule has 1 aromatic carbocycles. The Morgan fingerprint density at radius 3 is 2.95 bits per heavy atom. The largest absolute Gasteiger partial charge is 0.409 e. The Bertz CT molecular complexity index is 504. The molecule has 0 saturated heterocycles. The molecule has 1 aliphatic rings. The second-order valence-corrected chi connectivity index (χ2v) is 7.17. The Morgan fingerprint density at radius 2 is 2.29 bits per heavy atom. The van der Waals surface area contributed by atoms with E-state index >= 15 is 0 Å². The maximum Gasteiger partial charge on any atom is 0.170 e. The lowest BCUT2D eigenvalue weighted by Gasteiger charge is -2.15. The molecule has 0 amide bonds. The molecule has 116 valence electrons. The third-order valence-corrected chi connectivity index (χ3v) is 5.35. The van der Waals surface area contributed by atoms with Gasteiger partial charge in [0, 0.05) is 23.4 Å². The summed E-state index contributed by atoms with van der Waals surface area (Å²) < 4.78 is 0. The average molecular weight is 307 g/mol. The number of aryl methyl sites for hydroxylation is 1. The van der Waals surface area contributed by atoms with Crippen LogP contribution in [0.5, 0.6) is 0 Å². The molecule has 0 bridgehead atoms. The van der Waals surface area contributed by atoms with Crippen LogP contribution in [0.4, 0.5) is 0 Å². The van der Waals surface area contributed by atoms with Crippen LogP contribution in [0, 0.1) is 6.92 Å². The molecule has 4 nitrogen and oxygen atoms in total. The lowest BCUT2D eigenvalue weighted by molar-refractivity contribution is 0.318. The van der Waals surface area contributed by atoms with E-state index in [0.29, 0.717) is 6.04 Å². The van der Waals surface area contributed by atoms with E-state index in [4.69, 9.17) is 10.9 Å². The van der Waals surface area contributed by atoms with Gasteiger partial charge in [-0.05, 0) is 49.1 Å². The number of nitrogens with zero attached hydrogens (tertiary/aromatic N) is 1. The molecule has 2 unspecified atom stereocenters. The Kier molecular flexibility index (Phi) is 5.94. The summed E-state index contributed by atoms with van der Waals surface area (Å²) >= 11 is 2.08. The van der Waals surface area contributed by atoms with Crippen molar-refractivity contribution in [2.24, 2.45) is 10.9 Å². The Morgan fingerprint density at radius 1 is 1.48 bits per heavy atom. The maximum atomic E-state index is 8.71. The molecule has 0 heterocycles. The van der Waals surface area contributed by atoms with E-state index in [1.54, 1.807) is 0 Å². The summed E-state index contributed by atoms with van der Waals surface area (Å²) in [5, 5.41) is 16.2. The van der Waals surface area contributed by atoms with E-state index < -0.39 is 0 Å². The number of thioether (sulfide) groups is 1. The molecule has 1 saturated carbocycles. The first kappa shape index (κ1) is 16.2. The molecule has 1 aromatic rings. The molecular weight excluding hydrogens is 282 g/mol. The summed E-state index contributed by atoms with van der Waals surface area (Å²) in [5.74, 6) is 1.37. The number of benzene rings is 1. The number of hydrogen-bond donors (Lipinski definition) is 3. The second kappa shape index (κ2) is 7.71. The number of oxime groups is 1. The van der Waals surface area contributed by atoms with Crippen LogP contribution in [0.25, 0.3) is 0 Å². The fourth-order valence-corrected chi connectivity index (χ4v) is 4.02. The third kappa shape index (κ3) is 4.38. The van der Waals surface area contributed by atoms with Crippen molar-refractivity contribution in [2.45, 2.75) is 50.9 Å². The second-order valence-electron chi connectivity index (χ2n) is 5.59. The van der Waals surface area contributed by atoms with Crippen LogP contribution in [0.3, 0.4) is 0 Å². The first-order valence-corrected chi connectivity index (χ1v) is 8.61. The van der Waals surface area contributed by atoms with Gasteiger partial charge in [0.1, 0.15) is 0 Å². The molecule has 21 heavy (non-hydrogen) atoms. The molecule has 0 radical (unpaired) electrons. The van der Waals surface area contributed by atoms with Gasteiger partial charge in [-0.25, -0.2) is 0 Å². The van der Waals surface area contributed by atoms with Crippen molar-refractivity contribution in [1.82, 2.24) is 5.32 Å². The number of rotatable bonds is 6. The molecule has 2 rings (SSSR count). The predicted molar refractivity (Wildman–Crippen MR) is 90.1 cm³/mol. The lowest BCUT2D eigenvalue weighted by atomic mass is 10.0. The quantitative estimate of drug-likeness (QED) is 0.327. The summed E-state index contributed by atoms with van der Waals surface area (Å²) in [6.07, 6.45) is 3.89. The van der Waals surface area contributed by atoms with E-state index in [0.717, 1.165) is 17.4 Å². The molecule has 0 aliphatic heterocycles. The van der Waals surface area contributed by atoms with Gasteiger partial charge >= 0.3 is 0 Å². The lowest BCUT2D eigenvalue weighted by Crippen LogP contribution is -2.26. The summed E-state index contributed by atoms with van der Waals surface area (Å²) in [4.78, 5) is 0. The van der Waals surface area contributed by atoms with Gasteiger partial charge in [-0.1, -0.05) is 24.2 Å². The minimum Gasteiger partial charge on any atom is -0.409 e. The zero-order valence-electron chi connectivity index (χ0n) is 12.8. The van der Waals surface area contributed by atoms with Crippen LogP contribution in [-0.4, -0.2) is 28.1 Å². The summed E-state index contributed by atoms with van der Waals surface area (Å²) in [6.45, 7) is 5.18. The highest BCUT2D eigenvalue weighted by molar-refractivity contribution is 7.99. The number of nitrogens with one attached hydrogen (secondary N) is 1. The van der Waals surface area contributed by atoms with Crippen molar-refractivity contribution in [3.8, 4) is 0 Å². The molecule has 5 heteroatoms. The zero-order chi connectivity index (χ0) is 15.2. The minimum absolute atomic E-state index is 0.160. The SMILES string of the molecule is CCSC1CCC(NCc2ccc(/C(N)=N/O)cc2C)C1. The predicted octanol–water partition coefficient (Wildman–Crippen LogP) is 2.85. The van der Waals surface area contributed by atoms with Gasteiger partial charge in [0.15, 0.2) is 5.84 Å². The summed E-state index contributed by atoms with van der Waals surface area (Å²) in [7, 11) is 0.